The first kappa shape index (κ1) is 22.2. The van der Waals surface area contributed by atoms with Crippen LogP contribution in [-0.2, 0) is 25.9 Å². The van der Waals surface area contributed by atoms with Crippen LogP contribution in [-0.4, -0.2) is 17.0 Å². The van der Waals surface area contributed by atoms with Gasteiger partial charge in [0.05, 0.1) is 17.3 Å². The summed E-state index contributed by atoms with van der Waals surface area (Å²) in [6.45, 7) is 3.84. The number of anilines is 1. The molecular formula is C24H21Cl2N3O3. The highest BCUT2D eigenvalue weighted by atomic mass is 35.5. The highest BCUT2D eigenvalue weighted by molar-refractivity contribution is 6.34. The summed E-state index contributed by atoms with van der Waals surface area (Å²) in [5.41, 5.74) is 5.32. The Balaban J connectivity index is 1.61. The van der Waals surface area contributed by atoms with Gasteiger partial charge in [-0.05, 0) is 60.7 Å². The fourth-order valence-electron chi connectivity index (χ4n) is 4.16. The Morgan fingerprint density at radius 3 is 2.56 bits per heavy atom. The van der Waals surface area contributed by atoms with E-state index in [2.05, 4.69) is 29.1 Å². The summed E-state index contributed by atoms with van der Waals surface area (Å²) in [7, 11) is 0. The number of benzene rings is 2. The Hall–Kier alpha value is -2.96. The van der Waals surface area contributed by atoms with Crippen LogP contribution in [0.5, 0.6) is 0 Å². The second-order valence-electron chi connectivity index (χ2n) is 7.83. The molecule has 0 spiro atoms. The number of hydrogen-bond donors (Lipinski definition) is 0. The van der Waals surface area contributed by atoms with Gasteiger partial charge in [-0.15, -0.1) is 4.91 Å². The third-order valence-corrected chi connectivity index (χ3v) is 6.51. The third-order valence-electron chi connectivity index (χ3n) is 5.91. The van der Waals surface area contributed by atoms with Gasteiger partial charge in [0, 0.05) is 29.5 Å². The van der Waals surface area contributed by atoms with Crippen LogP contribution in [0.3, 0.4) is 0 Å². The van der Waals surface area contributed by atoms with E-state index in [-0.39, 0.29) is 16.1 Å². The zero-order chi connectivity index (χ0) is 22.8. The maximum absolute atomic E-state index is 12.9. The maximum Gasteiger partial charge on any atom is 0.316 e. The molecule has 6 nitrogen and oxygen atoms in total. The fourth-order valence-corrected chi connectivity index (χ4v) is 4.70. The van der Waals surface area contributed by atoms with Crippen molar-refractivity contribution in [3.63, 3.8) is 0 Å². The first-order valence-electron chi connectivity index (χ1n) is 10.3. The third kappa shape index (κ3) is 4.33. The normalized spacial score (nSPS) is 12.7. The Bertz CT molecular complexity index is 1250. The van der Waals surface area contributed by atoms with Crippen LogP contribution in [0.4, 0.5) is 5.69 Å². The summed E-state index contributed by atoms with van der Waals surface area (Å²) >= 11 is 12.7. The minimum absolute atomic E-state index is 0.0782. The maximum atomic E-state index is 12.9. The molecule has 8 heteroatoms. The number of carbonyl (C=O) groups excluding carboxylic acids is 1. The average molecular weight is 470 g/mol. The number of nitrogens with zero attached hydrogens (tertiary/aromatic N) is 3. The number of nitroso groups, excluding NO2 is 1. The molecule has 3 aromatic rings. The summed E-state index contributed by atoms with van der Waals surface area (Å²) in [5.74, 6) is -0.808. The standard InChI is InChI=1S/C24H21Cl2N3O3/c1-15-3-2-4-21-18(15)10-11-28(21)14-22-19(25)13-20(26)24(31)29(22)12-9-16-5-7-17(8-6-16)23(30)27-32/h2-8,13H,9-12,14H2,1H3. The lowest BCUT2D eigenvalue weighted by Gasteiger charge is -2.23. The molecule has 2 heterocycles. The van der Waals surface area contributed by atoms with Crippen molar-refractivity contribution in [1.29, 1.82) is 0 Å². The molecule has 0 N–H and O–H groups in total. The molecule has 0 bridgehead atoms. The van der Waals surface area contributed by atoms with Gasteiger partial charge >= 0.3 is 5.91 Å². The van der Waals surface area contributed by atoms with Gasteiger partial charge in [-0.1, -0.05) is 47.5 Å². The summed E-state index contributed by atoms with van der Waals surface area (Å²) in [4.78, 5) is 36.9. The van der Waals surface area contributed by atoms with Crippen LogP contribution in [0.1, 0.15) is 32.7 Å². The highest BCUT2D eigenvalue weighted by Gasteiger charge is 2.23. The summed E-state index contributed by atoms with van der Waals surface area (Å²) in [6, 6.07) is 14.4. The molecule has 0 saturated heterocycles. The van der Waals surface area contributed by atoms with Crippen LogP contribution in [0.2, 0.25) is 10.0 Å². The van der Waals surface area contributed by atoms with Crippen molar-refractivity contribution in [2.45, 2.75) is 32.9 Å². The van der Waals surface area contributed by atoms with Gasteiger partial charge in [0.1, 0.15) is 5.02 Å². The first-order chi connectivity index (χ1) is 15.4. The van der Waals surface area contributed by atoms with E-state index in [9.17, 15) is 14.5 Å². The number of carbonyl (C=O) groups is 1. The van der Waals surface area contributed by atoms with E-state index in [0.29, 0.717) is 30.2 Å². The van der Waals surface area contributed by atoms with Gasteiger partial charge in [0.25, 0.3) is 5.56 Å². The van der Waals surface area contributed by atoms with E-state index in [1.807, 2.05) is 6.07 Å². The SMILES string of the molecule is Cc1cccc2c1CCN2Cc1c(Cl)cc(Cl)c(=O)n1CCc1ccc(C(=O)N=O)cc1. The van der Waals surface area contributed by atoms with Crippen molar-refractivity contribution in [3.05, 3.63) is 102 Å². The van der Waals surface area contributed by atoms with Gasteiger partial charge in [0.15, 0.2) is 0 Å². The molecule has 1 amide bonds. The van der Waals surface area contributed by atoms with Crippen molar-refractivity contribution in [1.82, 2.24) is 4.57 Å². The van der Waals surface area contributed by atoms with Crippen molar-refractivity contribution < 1.29 is 4.79 Å². The van der Waals surface area contributed by atoms with E-state index < -0.39 is 5.91 Å². The summed E-state index contributed by atoms with van der Waals surface area (Å²) < 4.78 is 1.63. The van der Waals surface area contributed by atoms with Gasteiger partial charge < -0.3 is 9.47 Å². The van der Waals surface area contributed by atoms with Crippen molar-refractivity contribution >= 4 is 34.8 Å². The van der Waals surface area contributed by atoms with Gasteiger partial charge in [0.2, 0.25) is 0 Å². The smallest absolute Gasteiger partial charge is 0.316 e. The van der Waals surface area contributed by atoms with Crippen LogP contribution < -0.4 is 10.5 Å². The molecule has 1 aliphatic rings. The predicted octanol–water partition coefficient (Wildman–Crippen LogP) is 5.18. The monoisotopic (exact) mass is 469 g/mol. The topological polar surface area (TPSA) is 71.7 Å². The second kappa shape index (κ2) is 9.27. The Kier molecular flexibility index (Phi) is 6.44. The van der Waals surface area contributed by atoms with Gasteiger partial charge in [-0.3, -0.25) is 9.59 Å². The number of hydrogen-bond acceptors (Lipinski definition) is 4. The molecule has 2 aromatic carbocycles. The van der Waals surface area contributed by atoms with E-state index in [1.54, 1.807) is 28.8 Å². The quantitative estimate of drug-likeness (QED) is 0.466. The minimum Gasteiger partial charge on any atom is -0.365 e. The minimum atomic E-state index is -0.808. The highest BCUT2D eigenvalue weighted by Crippen LogP contribution is 2.32. The average Bonchev–Trinajstić information content (AvgIpc) is 3.21. The van der Waals surface area contributed by atoms with Crippen molar-refractivity contribution in [3.8, 4) is 0 Å². The van der Waals surface area contributed by atoms with Gasteiger partial charge in [-0.2, -0.15) is 0 Å². The zero-order valence-electron chi connectivity index (χ0n) is 17.5. The fraction of sp³-hybridized carbons (Fsp3) is 0.250. The Morgan fingerprint density at radius 2 is 1.84 bits per heavy atom. The molecule has 164 valence electrons. The van der Waals surface area contributed by atoms with E-state index >= 15 is 0 Å². The Morgan fingerprint density at radius 1 is 1.09 bits per heavy atom. The summed E-state index contributed by atoms with van der Waals surface area (Å²) in [6.07, 6.45) is 1.49. The van der Waals surface area contributed by atoms with E-state index in [0.717, 1.165) is 18.5 Å². The van der Waals surface area contributed by atoms with Crippen LogP contribution in [0, 0.1) is 11.8 Å². The van der Waals surface area contributed by atoms with Crippen LogP contribution >= 0.6 is 23.2 Å². The molecule has 0 saturated carbocycles. The first-order valence-corrected chi connectivity index (χ1v) is 11.0. The molecule has 32 heavy (non-hydrogen) atoms. The Labute approximate surface area is 195 Å². The lowest BCUT2D eigenvalue weighted by molar-refractivity contribution is 0.100. The zero-order valence-corrected chi connectivity index (χ0v) is 19.0. The van der Waals surface area contributed by atoms with E-state index in [1.165, 1.54) is 22.9 Å². The lowest BCUT2D eigenvalue weighted by atomic mass is 10.1. The van der Waals surface area contributed by atoms with Crippen LogP contribution in [0.25, 0.3) is 0 Å². The van der Waals surface area contributed by atoms with Gasteiger partial charge in [-0.25, -0.2) is 0 Å². The molecule has 4 rings (SSSR count). The summed E-state index contributed by atoms with van der Waals surface area (Å²) in [5, 5.41) is 2.96. The molecule has 0 radical (unpaired) electrons. The number of aryl methyl sites for hydroxylation is 2. The van der Waals surface area contributed by atoms with E-state index in [4.69, 9.17) is 23.2 Å². The number of halogens is 2. The number of amides is 1. The molecule has 1 aromatic heterocycles. The van der Waals surface area contributed by atoms with Crippen molar-refractivity contribution in [2.24, 2.45) is 5.18 Å². The largest absolute Gasteiger partial charge is 0.365 e. The molecule has 0 unspecified atom stereocenters. The molecule has 0 aliphatic carbocycles. The molecular weight excluding hydrogens is 449 g/mol. The number of rotatable bonds is 6. The molecule has 1 aliphatic heterocycles. The number of pyridine rings is 1. The van der Waals surface area contributed by atoms with Crippen LogP contribution in [0.15, 0.2) is 58.5 Å². The molecule has 0 fully saturated rings. The second-order valence-corrected chi connectivity index (χ2v) is 8.65. The lowest BCUT2D eigenvalue weighted by Crippen LogP contribution is -2.30. The number of fused-ring (bicyclic) bond motifs is 1. The number of aromatic nitrogens is 1. The predicted molar refractivity (Wildman–Crippen MR) is 127 cm³/mol. The van der Waals surface area contributed by atoms with Crippen molar-refractivity contribution in [2.75, 3.05) is 11.4 Å². The molecule has 0 atom stereocenters.